The van der Waals surface area contributed by atoms with Crippen LogP contribution in [-0.2, 0) is 17.9 Å². The lowest BCUT2D eigenvalue weighted by molar-refractivity contribution is -0.128. The number of hydrogen-bond donors (Lipinski definition) is 1. The van der Waals surface area contributed by atoms with Gasteiger partial charge in [-0.05, 0) is 29.3 Å². The number of para-hydroxylation sites is 1. The molecule has 0 aliphatic heterocycles. The van der Waals surface area contributed by atoms with Crippen molar-refractivity contribution in [2.75, 3.05) is 0 Å². The van der Waals surface area contributed by atoms with Gasteiger partial charge in [0.15, 0.2) is 0 Å². The molecule has 150 valence electrons. The molecule has 0 bridgehead atoms. The first-order valence-corrected chi connectivity index (χ1v) is 9.87. The molecule has 30 heavy (non-hydrogen) atoms. The molecule has 4 rings (SSSR count). The molecule has 5 nitrogen and oxygen atoms in total. The molecular weight excluding hydrogens is 374 g/mol. The molecule has 0 fully saturated rings. The third-order valence-electron chi connectivity index (χ3n) is 4.73. The second-order valence-electron chi connectivity index (χ2n) is 6.96. The molecule has 1 heterocycles. The Morgan fingerprint density at radius 2 is 1.53 bits per heavy atom. The molecule has 0 aliphatic carbocycles. The van der Waals surface area contributed by atoms with Gasteiger partial charge in [-0.25, -0.2) is 0 Å². The molecule has 1 aromatic heterocycles. The second-order valence-corrected chi connectivity index (χ2v) is 6.96. The predicted molar refractivity (Wildman–Crippen MR) is 116 cm³/mol. The molecule has 1 unspecified atom stereocenters. The second kappa shape index (κ2) is 9.56. The monoisotopic (exact) mass is 397 g/mol. The fourth-order valence-corrected chi connectivity index (χ4v) is 3.16. The van der Waals surface area contributed by atoms with Gasteiger partial charge in [-0.3, -0.25) is 9.48 Å². The number of carbonyl (C=O) groups excluding carboxylic acids is 1. The van der Waals surface area contributed by atoms with Crippen LogP contribution in [0.3, 0.4) is 0 Å². The third kappa shape index (κ3) is 5.14. The van der Waals surface area contributed by atoms with Crippen molar-refractivity contribution in [3.63, 3.8) is 0 Å². The molecule has 0 spiro atoms. The van der Waals surface area contributed by atoms with E-state index in [1.807, 2.05) is 89.7 Å². The average Bonchev–Trinajstić information content (AvgIpc) is 3.31. The van der Waals surface area contributed by atoms with Gasteiger partial charge < -0.3 is 10.1 Å². The maximum atomic E-state index is 13.0. The lowest BCUT2D eigenvalue weighted by Gasteiger charge is -2.19. The van der Waals surface area contributed by atoms with Gasteiger partial charge in [-0.15, -0.1) is 0 Å². The number of ether oxygens (including phenoxy) is 1. The maximum absolute atomic E-state index is 13.0. The molecule has 1 amide bonds. The normalized spacial score (nSPS) is 11.6. The van der Waals surface area contributed by atoms with E-state index in [0.29, 0.717) is 12.3 Å². The Bertz CT molecular complexity index is 1050. The number of amides is 1. The SMILES string of the molecule is O=C(NCc1ccc(Cn2cccn2)cc1)C(Oc1ccccc1)c1ccccc1. The summed E-state index contributed by atoms with van der Waals surface area (Å²) >= 11 is 0. The molecule has 3 aromatic carbocycles. The summed E-state index contributed by atoms with van der Waals surface area (Å²) in [5.74, 6) is 0.482. The number of rotatable bonds is 8. The molecular formula is C25H23N3O2. The van der Waals surface area contributed by atoms with Crippen molar-refractivity contribution in [1.29, 1.82) is 0 Å². The van der Waals surface area contributed by atoms with Gasteiger partial charge in [-0.2, -0.15) is 5.10 Å². The van der Waals surface area contributed by atoms with Crippen LogP contribution >= 0.6 is 0 Å². The quantitative estimate of drug-likeness (QED) is 0.480. The minimum absolute atomic E-state index is 0.175. The van der Waals surface area contributed by atoms with Crippen LogP contribution < -0.4 is 10.1 Å². The lowest BCUT2D eigenvalue weighted by Crippen LogP contribution is -2.32. The van der Waals surface area contributed by atoms with Crippen LogP contribution in [-0.4, -0.2) is 15.7 Å². The Labute approximate surface area is 175 Å². The standard InChI is InChI=1S/C25H23N3O2/c29-25(24(22-8-3-1-4-9-22)30-23-10-5-2-6-11-23)26-18-20-12-14-21(15-13-20)19-28-17-7-16-27-28/h1-17,24H,18-19H2,(H,26,29). The van der Waals surface area contributed by atoms with Crippen LogP contribution in [0.4, 0.5) is 0 Å². The lowest BCUT2D eigenvalue weighted by atomic mass is 10.1. The molecule has 1 atom stereocenters. The molecule has 5 heteroatoms. The number of carbonyl (C=O) groups is 1. The van der Waals surface area contributed by atoms with Crippen molar-refractivity contribution in [3.05, 3.63) is 120 Å². The largest absolute Gasteiger partial charge is 0.476 e. The van der Waals surface area contributed by atoms with Crippen molar-refractivity contribution in [1.82, 2.24) is 15.1 Å². The van der Waals surface area contributed by atoms with Gasteiger partial charge in [0.2, 0.25) is 6.10 Å². The minimum atomic E-state index is -0.715. The molecule has 1 N–H and O–H groups in total. The minimum Gasteiger partial charge on any atom is -0.476 e. The van der Waals surface area contributed by atoms with Gasteiger partial charge in [0.25, 0.3) is 5.91 Å². The topological polar surface area (TPSA) is 56.2 Å². The molecule has 0 radical (unpaired) electrons. The van der Waals surface area contributed by atoms with Crippen molar-refractivity contribution >= 4 is 5.91 Å². The number of hydrogen-bond acceptors (Lipinski definition) is 3. The highest BCUT2D eigenvalue weighted by Crippen LogP contribution is 2.22. The summed E-state index contributed by atoms with van der Waals surface area (Å²) in [6.07, 6.45) is 2.99. The van der Waals surface area contributed by atoms with Crippen LogP contribution in [0, 0.1) is 0 Å². The molecule has 4 aromatic rings. The van der Waals surface area contributed by atoms with Crippen LogP contribution in [0.1, 0.15) is 22.8 Å². The Kier molecular flexibility index (Phi) is 6.20. The first-order chi connectivity index (χ1) is 14.8. The van der Waals surface area contributed by atoms with E-state index in [1.165, 1.54) is 0 Å². The zero-order valence-corrected chi connectivity index (χ0v) is 16.5. The summed E-state index contributed by atoms with van der Waals surface area (Å²) in [6, 6.07) is 29.0. The zero-order valence-electron chi connectivity index (χ0n) is 16.5. The predicted octanol–water partition coefficient (Wildman–Crippen LogP) is 4.37. The van der Waals surface area contributed by atoms with E-state index in [1.54, 1.807) is 6.20 Å². The van der Waals surface area contributed by atoms with Crippen molar-refractivity contribution < 1.29 is 9.53 Å². The van der Waals surface area contributed by atoms with E-state index in [0.717, 1.165) is 23.2 Å². The number of aromatic nitrogens is 2. The van der Waals surface area contributed by atoms with Crippen LogP contribution in [0.25, 0.3) is 0 Å². The summed E-state index contributed by atoms with van der Waals surface area (Å²) < 4.78 is 7.88. The smallest absolute Gasteiger partial charge is 0.266 e. The van der Waals surface area contributed by atoms with Crippen molar-refractivity contribution in [2.45, 2.75) is 19.2 Å². The van der Waals surface area contributed by atoms with Gasteiger partial charge in [0, 0.05) is 24.5 Å². The molecule has 0 saturated carbocycles. The van der Waals surface area contributed by atoms with Gasteiger partial charge in [0.05, 0.1) is 6.54 Å². The fourth-order valence-electron chi connectivity index (χ4n) is 3.16. The maximum Gasteiger partial charge on any atom is 0.266 e. The van der Waals surface area contributed by atoms with Crippen LogP contribution in [0.2, 0.25) is 0 Å². The van der Waals surface area contributed by atoms with Gasteiger partial charge in [-0.1, -0.05) is 72.8 Å². The summed E-state index contributed by atoms with van der Waals surface area (Å²) in [5, 5.41) is 7.22. The van der Waals surface area contributed by atoms with Crippen molar-refractivity contribution in [2.24, 2.45) is 0 Å². The summed E-state index contributed by atoms with van der Waals surface area (Å²) in [7, 11) is 0. The number of nitrogens with zero attached hydrogens (tertiary/aromatic N) is 2. The van der Waals surface area contributed by atoms with Crippen LogP contribution in [0.15, 0.2) is 103 Å². The Hall–Kier alpha value is -3.86. The van der Waals surface area contributed by atoms with E-state index in [9.17, 15) is 4.79 Å². The Morgan fingerprint density at radius 3 is 2.20 bits per heavy atom. The highest BCUT2D eigenvalue weighted by Gasteiger charge is 2.22. The summed E-state index contributed by atoms with van der Waals surface area (Å²) in [4.78, 5) is 13.0. The summed E-state index contributed by atoms with van der Waals surface area (Å²) in [6.45, 7) is 1.16. The van der Waals surface area contributed by atoms with Gasteiger partial charge in [0.1, 0.15) is 5.75 Å². The Balaban J connectivity index is 1.41. The number of nitrogens with one attached hydrogen (secondary N) is 1. The van der Waals surface area contributed by atoms with Crippen molar-refractivity contribution in [3.8, 4) is 5.75 Å². The molecule has 0 aliphatic rings. The summed E-state index contributed by atoms with van der Waals surface area (Å²) in [5.41, 5.74) is 3.00. The van der Waals surface area contributed by atoms with E-state index in [-0.39, 0.29) is 5.91 Å². The third-order valence-corrected chi connectivity index (χ3v) is 4.73. The first-order valence-electron chi connectivity index (χ1n) is 9.87. The molecule has 0 saturated heterocycles. The highest BCUT2D eigenvalue weighted by atomic mass is 16.5. The average molecular weight is 397 g/mol. The first kappa shape index (κ1) is 19.5. The fraction of sp³-hybridized carbons (Fsp3) is 0.120. The van der Waals surface area contributed by atoms with Crippen LogP contribution in [0.5, 0.6) is 5.75 Å². The van der Waals surface area contributed by atoms with E-state index < -0.39 is 6.10 Å². The Morgan fingerprint density at radius 1 is 0.867 bits per heavy atom. The van der Waals surface area contributed by atoms with Gasteiger partial charge >= 0.3 is 0 Å². The zero-order chi connectivity index (χ0) is 20.6. The van der Waals surface area contributed by atoms with E-state index >= 15 is 0 Å². The number of benzene rings is 3. The highest BCUT2D eigenvalue weighted by molar-refractivity contribution is 5.82. The van der Waals surface area contributed by atoms with E-state index in [2.05, 4.69) is 22.5 Å². The van der Waals surface area contributed by atoms with E-state index in [4.69, 9.17) is 4.74 Å².